The summed E-state index contributed by atoms with van der Waals surface area (Å²) in [6.07, 6.45) is 10.0. The van der Waals surface area contributed by atoms with Crippen molar-refractivity contribution >= 4 is 0 Å². The SMILES string of the molecule is CCC1CCCN(CCCCC(C)(C#N)NC2CC2)C1. The molecule has 20 heavy (non-hydrogen) atoms. The molecule has 2 rings (SSSR count). The number of hydrogen-bond donors (Lipinski definition) is 1. The zero-order chi connectivity index (χ0) is 14.4. The number of hydrogen-bond acceptors (Lipinski definition) is 3. The average molecular weight is 277 g/mol. The third-order valence-corrected chi connectivity index (χ3v) is 4.93. The van der Waals surface area contributed by atoms with E-state index in [1.54, 1.807) is 0 Å². The van der Waals surface area contributed by atoms with Crippen molar-refractivity contribution in [3.8, 4) is 6.07 Å². The first kappa shape index (κ1) is 15.8. The molecule has 0 aromatic rings. The summed E-state index contributed by atoms with van der Waals surface area (Å²) in [5.41, 5.74) is -0.297. The molecule has 0 bridgehead atoms. The van der Waals surface area contributed by atoms with Gasteiger partial charge in [0, 0.05) is 12.6 Å². The van der Waals surface area contributed by atoms with Crippen LogP contribution in [-0.2, 0) is 0 Å². The topological polar surface area (TPSA) is 39.1 Å². The largest absolute Gasteiger partial charge is 0.303 e. The van der Waals surface area contributed by atoms with Crippen LogP contribution in [0.5, 0.6) is 0 Å². The van der Waals surface area contributed by atoms with Gasteiger partial charge in [-0.05, 0) is 70.9 Å². The van der Waals surface area contributed by atoms with E-state index in [-0.39, 0.29) is 5.54 Å². The molecule has 0 aromatic heterocycles. The number of nitrogens with zero attached hydrogens (tertiary/aromatic N) is 2. The summed E-state index contributed by atoms with van der Waals surface area (Å²) in [5.74, 6) is 0.921. The lowest BCUT2D eigenvalue weighted by molar-refractivity contribution is 0.168. The third-order valence-electron chi connectivity index (χ3n) is 4.93. The highest BCUT2D eigenvalue weighted by Crippen LogP contribution is 2.25. The molecule has 0 spiro atoms. The maximum absolute atomic E-state index is 9.35. The highest BCUT2D eigenvalue weighted by Gasteiger charge is 2.31. The van der Waals surface area contributed by atoms with Crippen LogP contribution in [-0.4, -0.2) is 36.1 Å². The number of nitriles is 1. The fourth-order valence-corrected chi connectivity index (χ4v) is 3.34. The van der Waals surface area contributed by atoms with Gasteiger partial charge in [0.15, 0.2) is 0 Å². The second kappa shape index (κ2) is 7.43. The van der Waals surface area contributed by atoms with E-state index in [0.29, 0.717) is 6.04 Å². The maximum atomic E-state index is 9.35. The molecule has 3 nitrogen and oxygen atoms in total. The van der Waals surface area contributed by atoms with Gasteiger partial charge in [0.2, 0.25) is 0 Å². The normalized spacial score (nSPS) is 26.9. The summed E-state index contributed by atoms with van der Waals surface area (Å²) in [4.78, 5) is 2.63. The molecule has 2 aliphatic rings. The Hall–Kier alpha value is -0.590. The number of unbranched alkanes of at least 4 members (excludes halogenated alkanes) is 1. The van der Waals surface area contributed by atoms with Crippen LogP contribution in [0.15, 0.2) is 0 Å². The molecular formula is C17H31N3. The van der Waals surface area contributed by atoms with Gasteiger partial charge in [0.1, 0.15) is 5.54 Å². The molecule has 114 valence electrons. The van der Waals surface area contributed by atoms with Crippen LogP contribution >= 0.6 is 0 Å². The number of piperidine rings is 1. The van der Waals surface area contributed by atoms with Gasteiger partial charge < -0.3 is 4.90 Å². The van der Waals surface area contributed by atoms with Gasteiger partial charge in [-0.25, -0.2) is 0 Å². The van der Waals surface area contributed by atoms with Crippen molar-refractivity contribution in [1.82, 2.24) is 10.2 Å². The number of rotatable bonds is 8. The Morgan fingerprint density at radius 1 is 1.30 bits per heavy atom. The summed E-state index contributed by atoms with van der Waals surface area (Å²) >= 11 is 0. The summed E-state index contributed by atoms with van der Waals surface area (Å²) in [7, 11) is 0. The molecule has 0 radical (unpaired) electrons. The molecule has 1 aliphatic carbocycles. The van der Waals surface area contributed by atoms with E-state index in [1.165, 1.54) is 58.2 Å². The first-order valence-corrected chi connectivity index (χ1v) is 8.56. The smallest absolute Gasteiger partial charge is 0.104 e. The molecule has 1 N–H and O–H groups in total. The molecular weight excluding hydrogens is 246 g/mol. The molecule has 1 saturated heterocycles. The highest BCUT2D eigenvalue weighted by molar-refractivity contribution is 5.06. The minimum Gasteiger partial charge on any atom is -0.303 e. The summed E-state index contributed by atoms with van der Waals surface area (Å²) < 4.78 is 0. The second-order valence-corrected chi connectivity index (χ2v) is 7.04. The molecule has 2 unspecified atom stereocenters. The van der Waals surface area contributed by atoms with Gasteiger partial charge in [-0.3, -0.25) is 5.32 Å². The van der Waals surface area contributed by atoms with Gasteiger partial charge in [0.25, 0.3) is 0 Å². The standard InChI is InChI=1S/C17H31N3/c1-3-15-7-6-12-20(13-15)11-5-4-10-17(2,14-18)19-16-8-9-16/h15-16,19H,3-13H2,1-2H3. The molecule has 0 aromatic carbocycles. The molecule has 3 heteroatoms. The Kier molecular flexibility index (Phi) is 5.86. The Labute approximate surface area is 124 Å². The third kappa shape index (κ3) is 5.07. The zero-order valence-corrected chi connectivity index (χ0v) is 13.3. The number of likely N-dealkylation sites (tertiary alicyclic amines) is 1. The fraction of sp³-hybridized carbons (Fsp3) is 0.941. The minimum absolute atomic E-state index is 0.297. The van der Waals surface area contributed by atoms with Gasteiger partial charge in [-0.1, -0.05) is 13.3 Å². The predicted octanol–water partition coefficient (Wildman–Crippen LogP) is 3.31. The van der Waals surface area contributed by atoms with E-state index >= 15 is 0 Å². The van der Waals surface area contributed by atoms with E-state index in [9.17, 15) is 5.26 Å². The van der Waals surface area contributed by atoms with Crippen molar-refractivity contribution in [2.45, 2.75) is 76.8 Å². The average Bonchev–Trinajstić information content (AvgIpc) is 3.28. The first-order valence-electron chi connectivity index (χ1n) is 8.56. The summed E-state index contributed by atoms with van der Waals surface area (Å²) in [6.45, 7) is 8.19. The Morgan fingerprint density at radius 3 is 2.75 bits per heavy atom. The summed E-state index contributed by atoms with van der Waals surface area (Å²) in [6, 6.07) is 3.10. The van der Waals surface area contributed by atoms with Crippen LogP contribution in [0.3, 0.4) is 0 Å². The molecule has 0 amide bonds. The van der Waals surface area contributed by atoms with Gasteiger partial charge >= 0.3 is 0 Å². The van der Waals surface area contributed by atoms with Crippen LogP contribution in [0.25, 0.3) is 0 Å². The predicted molar refractivity (Wildman–Crippen MR) is 83.5 cm³/mol. The molecule has 1 aliphatic heterocycles. The summed E-state index contributed by atoms with van der Waals surface area (Å²) in [5, 5.41) is 12.9. The number of nitrogens with one attached hydrogen (secondary N) is 1. The Bertz CT molecular complexity index is 332. The van der Waals surface area contributed by atoms with Crippen molar-refractivity contribution in [2.24, 2.45) is 5.92 Å². The minimum atomic E-state index is -0.297. The lowest BCUT2D eigenvalue weighted by atomic mass is 9.94. The van der Waals surface area contributed by atoms with Gasteiger partial charge in [-0.2, -0.15) is 5.26 Å². The van der Waals surface area contributed by atoms with E-state index in [4.69, 9.17) is 0 Å². The van der Waals surface area contributed by atoms with Crippen LogP contribution in [0.2, 0.25) is 0 Å². The molecule has 2 fully saturated rings. The first-order chi connectivity index (χ1) is 9.65. The molecule has 2 atom stereocenters. The van der Waals surface area contributed by atoms with E-state index in [2.05, 4.69) is 30.1 Å². The Balaban J connectivity index is 1.61. The fourth-order valence-electron chi connectivity index (χ4n) is 3.34. The second-order valence-electron chi connectivity index (χ2n) is 7.04. The molecule has 1 saturated carbocycles. The monoisotopic (exact) mass is 277 g/mol. The van der Waals surface area contributed by atoms with E-state index in [1.807, 2.05) is 0 Å². The van der Waals surface area contributed by atoms with Crippen LogP contribution in [0.1, 0.15) is 65.2 Å². The van der Waals surface area contributed by atoms with Crippen molar-refractivity contribution in [3.05, 3.63) is 0 Å². The van der Waals surface area contributed by atoms with Crippen molar-refractivity contribution in [1.29, 1.82) is 5.26 Å². The highest BCUT2D eigenvalue weighted by atomic mass is 15.1. The van der Waals surface area contributed by atoms with Crippen LogP contribution in [0.4, 0.5) is 0 Å². The lowest BCUT2D eigenvalue weighted by Crippen LogP contribution is -2.42. The van der Waals surface area contributed by atoms with Crippen LogP contribution < -0.4 is 5.32 Å². The lowest BCUT2D eigenvalue weighted by Gasteiger charge is -2.32. The van der Waals surface area contributed by atoms with Crippen molar-refractivity contribution in [2.75, 3.05) is 19.6 Å². The van der Waals surface area contributed by atoms with Gasteiger partial charge in [0.05, 0.1) is 6.07 Å². The van der Waals surface area contributed by atoms with Gasteiger partial charge in [-0.15, -0.1) is 0 Å². The maximum Gasteiger partial charge on any atom is 0.104 e. The zero-order valence-electron chi connectivity index (χ0n) is 13.3. The molecule has 1 heterocycles. The van der Waals surface area contributed by atoms with E-state index < -0.39 is 0 Å². The van der Waals surface area contributed by atoms with Crippen molar-refractivity contribution < 1.29 is 0 Å². The van der Waals surface area contributed by atoms with Crippen LogP contribution in [0, 0.1) is 17.2 Å². The quantitative estimate of drug-likeness (QED) is 0.692. The Morgan fingerprint density at radius 2 is 2.10 bits per heavy atom. The van der Waals surface area contributed by atoms with Crippen molar-refractivity contribution in [3.63, 3.8) is 0 Å². The van der Waals surface area contributed by atoms with E-state index in [0.717, 1.165) is 18.8 Å².